The lowest BCUT2D eigenvalue weighted by atomic mass is 9.83. The molecule has 0 radical (unpaired) electrons. The maximum Gasteiger partial charge on any atom is 0.316 e. The SMILES string of the molecule is Cc1ccnc(OC[C@H]2CCS(=O)(=O)C23CN(C(=O)CC(C)C)C3)n1. The second-order valence-corrected chi connectivity index (χ2v) is 9.96. The summed E-state index contributed by atoms with van der Waals surface area (Å²) >= 11 is 0. The van der Waals surface area contributed by atoms with E-state index in [2.05, 4.69) is 9.97 Å². The topological polar surface area (TPSA) is 89.5 Å². The highest BCUT2D eigenvalue weighted by molar-refractivity contribution is 7.93. The van der Waals surface area contributed by atoms with Crippen molar-refractivity contribution in [3.63, 3.8) is 0 Å². The van der Waals surface area contributed by atoms with Gasteiger partial charge in [0.05, 0.1) is 12.4 Å². The fraction of sp³-hybridized carbons (Fsp3) is 0.706. The second-order valence-electron chi connectivity index (χ2n) is 7.51. The van der Waals surface area contributed by atoms with E-state index in [0.29, 0.717) is 12.8 Å². The molecule has 1 atom stereocenters. The van der Waals surface area contributed by atoms with Crippen LogP contribution in [-0.2, 0) is 14.6 Å². The maximum atomic E-state index is 12.6. The van der Waals surface area contributed by atoms with Crippen LogP contribution in [0.1, 0.15) is 32.4 Å². The summed E-state index contributed by atoms with van der Waals surface area (Å²) in [5, 5.41) is 0. The van der Waals surface area contributed by atoms with Crippen LogP contribution in [0.3, 0.4) is 0 Å². The van der Waals surface area contributed by atoms with Crippen molar-refractivity contribution in [1.82, 2.24) is 14.9 Å². The van der Waals surface area contributed by atoms with Gasteiger partial charge in [0.15, 0.2) is 9.84 Å². The van der Waals surface area contributed by atoms with Gasteiger partial charge in [-0.1, -0.05) is 13.8 Å². The predicted molar refractivity (Wildman–Crippen MR) is 92.9 cm³/mol. The van der Waals surface area contributed by atoms with Crippen LogP contribution < -0.4 is 4.74 Å². The largest absolute Gasteiger partial charge is 0.463 e. The first kappa shape index (κ1) is 18.1. The Balaban J connectivity index is 1.67. The Morgan fingerprint density at radius 2 is 2.16 bits per heavy atom. The van der Waals surface area contributed by atoms with E-state index in [0.717, 1.165) is 5.69 Å². The number of amides is 1. The number of hydrogen-bond acceptors (Lipinski definition) is 6. The summed E-state index contributed by atoms with van der Waals surface area (Å²) in [5.41, 5.74) is 0.799. The number of likely N-dealkylation sites (tertiary alicyclic amines) is 1. The second kappa shape index (κ2) is 6.55. The number of aromatic nitrogens is 2. The Labute approximate surface area is 148 Å². The monoisotopic (exact) mass is 367 g/mol. The fourth-order valence-electron chi connectivity index (χ4n) is 3.63. The fourth-order valence-corrected chi connectivity index (χ4v) is 6.03. The molecule has 7 nitrogen and oxygen atoms in total. The molecule has 0 bridgehead atoms. The Morgan fingerprint density at radius 3 is 2.80 bits per heavy atom. The molecule has 1 aromatic heterocycles. The zero-order valence-corrected chi connectivity index (χ0v) is 15.8. The first-order chi connectivity index (χ1) is 11.7. The number of aryl methyl sites for hydroxylation is 1. The van der Waals surface area contributed by atoms with E-state index in [1.165, 1.54) is 0 Å². The minimum atomic E-state index is -3.22. The van der Waals surface area contributed by atoms with Crippen molar-refractivity contribution in [2.75, 3.05) is 25.4 Å². The highest BCUT2D eigenvalue weighted by atomic mass is 32.2. The van der Waals surface area contributed by atoms with E-state index >= 15 is 0 Å². The molecule has 0 N–H and O–H groups in total. The average Bonchev–Trinajstić information content (AvgIpc) is 2.73. The van der Waals surface area contributed by atoms with Gasteiger partial charge in [0.1, 0.15) is 4.75 Å². The summed E-state index contributed by atoms with van der Waals surface area (Å²) in [5.74, 6) is 0.318. The van der Waals surface area contributed by atoms with Crippen molar-refractivity contribution < 1.29 is 17.9 Å². The van der Waals surface area contributed by atoms with Crippen LogP contribution in [0.15, 0.2) is 12.3 Å². The zero-order chi connectivity index (χ0) is 18.2. The van der Waals surface area contributed by atoms with Crippen LogP contribution in [-0.4, -0.2) is 59.4 Å². The molecule has 1 aromatic rings. The Morgan fingerprint density at radius 1 is 1.44 bits per heavy atom. The Bertz CT molecular complexity index is 757. The molecule has 0 unspecified atom stereocenters. The molecule has 138 valence electrons. The normalized spacial score (nSPS) is 23.7. The van der Waals surface area contributed by atoms with Crippen molar-refractivity contribution in [1.29, 1.82) is 0 Å². The molecule has 1 spiro atoms. The summed E-state index contributed by atoms with van der Waals surface area (Å²) in [6.45, 7) is 6.64. The lowest BCUT2D eigenvalue weighted by Gasteiger charge is -2.50. The quantitative estimate of drug-likeness (QED) is 0.777. The van der Waals surface area contributed by atoms with E-state index in [-0.39, 0.29) is 49.2 Å². The summed E-state index contributed by atoms with van der Waals surface area (Å²) in [7, 11) is -3.22. The van der Waals surface area contributed by atoms with Gasteiger partial charge >= 0.3 is 6.01 Å². The van der Waals surface area contributed by atoms with Crippen molar-refractivity contribution in [2.24, 2.45) is 11.8 Å². The first-order valence-electron chi connectivity index (χ1n) is 8.66. The molecule has 0 aliphatic carbocycles. The number of carbonyl (C=O) groups excluding carboxylic acids is 1. The van der Waals surface area contributed by atoms with E-state index in [1.54, 1.807) is 17.2 Å². The molecule has 8 heteroatoms. The van der Waals surface area contributed by atoms with Crippen molar-refractivity contribution in [3.05, 3.63) is 18.0 Å². The van der Waals surface area contributed by atoms with Crippen LogP contribution in [0.25, 0.3) is 0 Å². The summed E-state index contributed by atoms with van der Waals surface area (Å²) in [6.07, 6.45) is 2.63. The molecule has 3 rings (SSSR count). The molecule has 2 aliphatic rings. The molecule has 1 amide bonds. The number of hydrogen-bond donors (Lipinski definition) is 0. The van der Waals surface area contributed by atoms with Crippen LogP contribution in [0.4, 0.5) is 0 Å². The van der Waals surface area contributed by atoms with Crippen LogP contribution >= 0.6 is 0 Å². The highest BCUT2D eigenvalue weighted by Gasteiger charge is 2.62. The minimum absolute atomic E-state index is 0.0319. The van der Waals surface area contributed by atoms with Gasteiger partial charge in [0, 0.05) is 37.3 Å². The van der Waals surface area contributed by atoms with Gasteiger partial charge in [0.25, 0.3) is 0 Å². The van der Waals surface area contributed by atoms with Gasteiger partial charge in [-0.2, -0.15) is 0 Å². The Kier molecular flexibility index (Phi) is 4.74. The van der Waals surface area contributed by atoms with Gasteiger partial charge in [-0.05, 0) is 25.3 Å². The van der Waals surface area contributed by atoms with Gasteiger partial charge in [0.2, 0.25) is 5.91 Å². The minimum Gasteiger partial charge on any atom is -0.463 e. The first-order valence-corrected chi connectivity index (χ1v) is 10.3. The van der Waals surface area contributed by atoms with E-state index < -0.39 is 14.6 Å². The molecule has 2 aliphatic heterocycles. The van der Waals surface area contributed by atoms with Crippen molar-refractivity contribution in [3.8, 4) is 6.01 Å². The maximum absolute atomic E-state index is 12.6. The van der Waals surface area contributed by atoms with E-state index in [9.17, 15) is 13.2 Å². The third kappa shape index (κ3) is 3.36. The molecule has 0 aromatic carbocycles. The molecule has 2 fully saturated rings. The number of nitrogens with zero attached hydrogens (tertiary/aromatic N) is 3. The van der Waals surface area contributed by atoms with Crippen LogP contribution in [0.5, 0.6) is 6.01 Å². The van der Waals surface area contributed by atoms with Crippen molar-refractivity contribution in [2.45, 2.75) is 38.4 Å². The van der Waals surface area contributed by atoms with Gasteiger partial charge in [-0.15, -0.1) is 0 Å². The number of carbonyl (C=O) groups is 1. The zero-order valence-electron chi connectivity index (χ0n) is 14.9. The third-order valence-corrected chi connectivity index (χ3v) is 7.74. The molecular weight excluding hydrogens is 342 g/mol. The molecule has 2 saturated heterocycles. The lowest BCUT2D eigenvalue weighted by Crippen LogP contribution is -2.69. The van der Waals surface area contributed by atoms with Gasteiger partial charge < -0.3 is 9.64 Å². The smallest absolute Gasteiger partial charge is 0.316 e. The van der Waals surface area contributed by atoms with Gasteiger partial charge in [-0.3, -0.25) is 4.79 Å². The Hall–Kier alpha value is -1.70. The highest BCUT2D eigenvalue weighted by Crippen LogP contribution is 2.45. The number of sulfone groups is 1. The molecular formula is C17H25N3O4S. The third-order valence-electron chi connectivity index (χ3n) is 5.14. The molecule has 25 heavy (non-hydrogen) atoms. The van der Waals surface area contributed by atoms with E-state index in [1.807, 2.05) is 20.8 Å². The average molecular weight is 367 g/mol. The molecule has 0 saturated carbocycles. The van der Waals surface area contributed by atoms with Gasteiger partial charge in [-0.25, -0.2) is 18.4 Å². The van der Waals surface area contributed by atoms with Crippen molar-refractivity contribution >= 4 is 15.7 Å². The van der Waals surface area contributed by atoms with Crippen LogP contribution in [0, 0.1) is 18.8 Å². The lowest BCUT2D eigenvalue weighted by molar-refractivity contribution is -0.138. The summed E-state index contributed by atoms with van der Waals surface area (Å²) in [6, 6.07) is 2.05. The molecule has 3 heterocycles. The summed E-state index contributed by atoms with van der Waals surface area (Å²) in [4.78, 5) is 22.1. The standard InChI is InChI=1S/C17H25N3O4S/c1-12(2)8-15(21)20-10-17(11-20)14(5-7-25(17,22)23)9-24-16-18-6-4-13(3)19-16/h4,6,12,14H,5,7-11H2,1-3H3/t14-/m1/s1. The number of ether oxygens (including phenoxy) is 1. The van der Waals surface area contributed by atoms with E-state index in [4.69, 9.17) is 4.74 Å². The predicted octanol–water partition coefficient (Wildman–Crippen LogP) is 1.23. The van der Waals surface area contributed by atoms with Crippen LogP contribution in [0.2, 0.25) is 0 Å². The summed E-state index contributed by atoms with van der Waals surface area (Å²) < 4.78 is 30.0. The number of rotatable bonds is 5.